The minimum Gasteiger partial charge on any atom is -0.396 e. The molecule has 1 fully saturated rings. The fraction of sp³-hybridized carbons (Fsp3) is 0.800. The van der Waals surface area contributed by atoms with E-state index in [1.165, 1.54) is 5.57 Å². The van der Waals surface area contributed by atoms with Crippen molar-refractivity contribution < 1.29 is 15.3 Å². The van der Waals surface area contributed by atoms with Crippen LogP contribution in [0.5, 0.6) is 0 Å². The maximum Gasteiger partial charge on any atom is 0.0877 e. The lowest BCUT2D eigenvalue weighted by Crippen LogP contribution is -2.60. The minimum absolute atomic E-state index is 0.0710. The fourth-order valence-corrected chi connectivity index (χ4v) is 5.94. The van der Waals surface area contributed by atoms with Crippen LogP contribution >= 0.6 is 0 Å². The number of rotatable bonds is 2. The summed E-state index contributed by atoms with van der Waals surface area (Å²) < 4.78 is 0. The van der Waals surface area contributed by atoms with E-state index in [1.54, 1.807) is 5.57 Å². The molecule has 0 saturated heterocycles. The van der Waals surface area contributed by atoms with Crippen LogP contribution in [0.1, 0.15) is 59.3 Å². The molecule has 0 bridgehead atoms. The van der Waals surface area contributed by atoms with Crippen molar-refractivity contribution in [2.75, 3.05) is 6.61 Å². The molecule has 1 saturated carbocycles. The molecule has 3 aliphatic rings. The molecule has 3 aliphatic carbocycles. The van der Waals surface area contributed by atoms with Gasteiger partial charge in [0.15, 0.2) is 0 Å². The van der Waals surface area contributed by atoms with E-state index in [0.29, 0.717) is 6.42 Å². The zero-order valence-corrected chi connectivity index (χ0v) is 14.8. The van der Waals surface area contributed by atoms with Crippen LogP contribution in [0.2, 0.25) is 0 Å². The predicted molar refractivity (Wildman–Crippen MR) is 91.8 cm³/mol. The summed E-state index contributed by atoms with van der Waals surface area (Å²) in [6, 6.07) is 0. The summed E-state index contributed by atoms with van der Waals surface area (Å²) >= 11 is 0. The SMILES string of the molecule is C=C[C@@]1(C)CCC2=C(CC[C@H]3[C@@](C)(CO)[C@@H](O)[C@H](O)C[C@]23C)C1. The van der Waals surface area contributed by atoms with E-state index < -0.39 is 17.6 Å². The van der Waals surface area contributed by atoms with Gasteiger partial charge in [0, 0.05) is 5.41 Å². The minimum atomic E-state index is -0.838. The number of aliphatic hydroxyl groups is 3. The van der Waals surface area contributed by atoms with Crippen LogP contribution in [0.15, 0.2) is 23.8 Å². The van der Waals surface area contributed by atoms with Crippen LogP contribution in [-0.2, 0) is 0 Å². The Bertz CT molecular complexity index is 539. The molecular formula is C20H32O3. The Morgan fingerprint density at radius 2 is 1.91 bits per heavy atom. The van der Waals surface area contributed by atoms with Crippen molar-refractivity contribution in [2.24, 2.45) is 22.2 Å². The lowest BCUT2D eigenvalue weighted by molar-refractivity contribution is -0.178. The summed E-state index contributed by atoms with van der Waals surface area (Å²) in [5.41, 5.74) is 2.51. The van der Waals surface area contributed by atoms with Gasteiger partial charge in [-0.1, -0.05) is 38.0 Å². The maximum atomic E-state index is 10.5. The second kappa shape index (κ2) is 5.44. The third-order valence-electron chi connectivity index (χ3n) is 7.49. The quantitative estimate of drug-likeness (QED) is 0.685. The van der Waals surface area contributed by atoms with Crippen LogP contribution in [-0.4, -0.2) is 34.1 Å². The largest absolute Gasteiger partial charge is 0.396 e. The van der Waals surface area contributed by atoms with E-state index in [9.17, 15) is 15.3 Å². The average molecular weight is 320 g/mol. The third kappa shape index (κ3) is 2.35. The van der Waals surface area contributed by atoms with Crippen molar-refractivity contribution >= 4 is 0 Å². The zero-order chi connectivity index (χ0) is 17.0. The molecule has 6 atom stereocenters. The van der Waals surface area contributed by atoms with Crippen LogP contribution < -0.4 is 0 Å². The van der Waals surface area contributed by atoms with Crippen molar-refractivity contribution in [3.05, 3.63) is 23.8 Å². The van der Waals surface area contributed by atoms with Crippen molar-refractivity contribution in [1.29, 1.82) is 0 Å². The van der Waals surface area contributed by atoms with E-state index in [2.05, 4.69) is 26.5 Å². The third-order valence-corrected chi connectivity index (χ3v) is 7.49. The van der Waals surface area contributed by atoms with Crippen LogP contribution in [0.3, 0.4) is 0 Å². The van der Waals surface area contributed by atoms with E-state index >= 15 is 0 Å². The number of fused-ring (bicyclic) bond motifs is 2. The molecule has 0 spiro atoms. The van der Waals surface area contributed by atoms with Crippen LogP contribution in [0.25, 0.3) is 0 Å². The summed E-state index contributed by atoms with van der Waals surface area (Å²) in [4.78, 5) is 0. The Morgan fingerprint density at radius 1 is 1.22 bits per heavy atom. The maximum absolute atomic E-state index is 10.5. The van der Waals surface area contributed by atoms with Gasteiger partial charge in [0.05, 0.1) is 18.8 Å². The molecule has 3 heteroatoms. The highest BCUT2D eigenvalue weighted by molar-refractivity contribution is 5.33. The summed E-state index contributed by atoms with van der Waals surface area (Å²) in [5.74, 6) is 0.227. The van der Waals surface area contributed by atoms with Gasteiger partial charge in [-0.25, -0.2) is 0 Å². The van der Waals surface area contributed by atoms with Gasteiger partial charge in [0.1, 0.15) is 0 Å². The van der Waals surface area contributed by atoms with Crippen LogP contribution in [0, 0.1) is 22.2 Å². The molecular weight excluding hydrogens is 288 g/mol. The smallest absolute Gasteiger partial charge is 0.0877 e. The summed E-state index contributed by atoms with van der Waals surface area (Å²) in [6.45, 7) is 10.4. The molecule has 0 heterocycles. The molecule has 0 radical (unpaired) electrons. The predicted octanol–water partition coefficient (Wildman–Crippen LogP) is 3.20. The Labute approximate surface area is 140 Å². The first kappa shape index (κ1) is 17.2. The van der Waals surface area contributed by atoms with Crippen molar-refractivity contribution in [3.8, 4) is 0 Å². The number of hydrogen-bond donors (Lipinski definition) is 3. The van der Waals surface area contributed by atoms with E-state index in [4.69, 9.17) is 0 Å². The monoisotopic (exact) mass is 320 g/mol. The standard InChI is InChI=1S/C20H32O3/c1-5-18(2)9-8-14-13(10-18)6-7-16-19(14,3)11-15(22)17(23)20(16,4)12-21/h5,15-17,21-23H,1,6-12H2,2-4H3/t15-,16-,17+,18+,19-,20-/m1/s1. The molecule has 0 aliphatic heterocycles. The van der Waals surface area contributed by atoms with Crippen LogP contribution in [0.4, 0.5) is 0 Å². The highest BCUT2D eigenvalue weighted by atomic mass is 16.3. The Hall–Kier alpha value is -0.640. The molecule has 23 heavy (non-hydrogen) atoms. The molecule has 0 unspecified atom stereocenters. The second-order valence-corrected chi connectivity index (χ2v) is 9.01. The van der Waals surface area contributed by atoms with E-state index in [-0.39, 0.29) is 23.4 Å². The van der Waals surface area contributed by atoms with Gasteiger partial charge in [0.2, 0.25) is 0 Å². The van der Waals surface area contributed by atoms with E-state index in [0.717, 1.165) is 32.1 Å². The first-order chi connectivity index (χ1) is 10.7. The topological polar surface area (TPSA) is 60.7 Å². The summed E-state index contributed by atoms with van der Waals surface area (Å²) in [6.07, 6.45) is 6.38. The molecule has 0 aromatic heterocycles. The number of allylic oxidation sites excluding steroid dienone is 3. The Morgan fingerprint density at radius 3 is 2.52 bits per heavy atom. The van der Waals surface area contributed by atoms with Gasteiger partial charge >= 0.3 is 0 Å². The Kier molecular flexibility index (Phi) is 4.06. The lowest BCUT2D eigenvalue weighted by Gasteiger charge is -2.60. The van der Waals surface area contributed by atoms with Crippen molar-refractivity contribution in [3.63, 3.8) is 0 Å². The van der Waals surface area contributed by atoms with Gasteiger partial charge < -0.3 is 15.3 Å². The second-order valence-electron chi connectivity index (χ2n) is 9.01. The van der Waals surface area contributed by atoms with Gasteiger partial charge in [-0.05, 0) is 55.3 Å². The highest BCUT2D eigenvalue weighted by Gasteiger charge is 2.59. The first-order valence-corrected chi connectivity index (χ1v) is 9.02. The molecule has 3 rings (SSSR count). The average Bonchev–Trinajstić information content (AvgIpc) is 2.52. The van der Waals surface area contributed by atoms with Gasteiger partial charge in [-0.2, -0.15) is 0 Å². The van der Waals surface area contributed by atoms with E-state index in [1.807, 2.05) is 6.92 Å². The molecule has 3 nitrogen and oxygen atoms in total. The Balaban J connectivity index is 2.03. The number of hydrogen-bond acceptors (Lipinski definition) is 3. The summed E-state index contributed by atoms with van der Waals surface area (Å²) in [5, 5.41) is 31.0. The molecule has 3 N–H and O–H groups in total. The van der Waals surface area contributed by atoms with Crippen molar-refractivity contribution in [2.45, 2.75) is 71.5 Å². The number of aliphatic hydroxyl groups excluding tert-OH is 3. The highest BCUT2D eigenvalue weighted by Crippen LogP contribution is 2.62. The molecule has 0 aromatic rings. The lowest BCUT2D eigenvalue weighted by atomic mass is 9.46. The molecule has 0 amide bonds. The zero-order valence-electron chi connectivity index (χ0n) is 14.8. The van der Waals surface area contributed by atoms with Gasteiger partial charge in [0.25, 0.3) is 0 Å². The van der Waals surface area contributed by atoms with Crippen molar-refractivity contribution in [1.82, 2.24) is 0 Å². The van der Waals surface area contributed by atoms with Gasteiger partial charge in [-0.3, -0.25) is 0 Å². The first-order valence-electron chi connectivity index (χ1n) is 9.02. The molecule has 0 aromatic carbocycles. The normalized spacial score (nSPS) is 50.3. The fourth-order valence-electron chi connectivity index (χ4n) is 5.94. The van der Waals surface area contributed by atoms with Gasteiger partial charge in [-0.15, -0.1) is 6.58 Å². The molecule has 130 valence electrons. The summed E-state index contributed by atoms with van der Waals surface area (Å²) in [7, 11) is 0.